The van der Waals surface area contributed by atoms with Crippen LogP contribution in [0.1, 0.15) is 17.7 Å². The van der Waals surface area contributed by atoms with Gasteiger partial charge in [0, 0.05) is 11.6 Å². The SMILES string of the molecule is Cc1ccc(-n2nc(C(F)F)cc2-c2ccc(S(N)(=O)=O)c(F)c2)cc1OC(F)(F)F. The highest BCUT2D eigenvalue weighted by molar-refractivity contribution is 7.89. The van der Waals surface area contributed by atoms with Crippen molar-refractivity contribution in [3.8, 4) is 22.7 Å². The van der Waals surface area contributed by atoms with Crippen molar-refractivity contribution in [1.29, 1.82) is 0 Å². The molecular formula is C18H13F6N3O3S. The van der Waals surface area contributed by atoms with Gasteiger partial charge in [0.15, 0.2) is 0 Å². The maximum atomic E-state index is 14.3. The van der Waals surface area contributed by atoms with Crippen LogP contribution in [-0.2, 0) is 10.0 Å². The lowest BCUT2D eigenvalue weighted by Gasteiger charge is -2.14. The molecule has 0 aliphatic carbocycles. The summed E-state index contributed by atoms with van der Waals surface area (Å²) in [5.74, 6) is -1.82. The molecule has 0 bridgehead atoms. The molecule has 2 aromatic carbocycles. The molecule has 13 heteroatoms. The first kappa shape index (κ1) is 22.6. The zero-order valence-electron chi connectivity index (χ0n) is 15.5. The summed E-state index contributed by atoms with van der Waals surface area (Å²) in [4.78, 5) is -0.812. The number of primary sulfonamides is 1. The van der Waals surface area contributed by atoms with E-state index in [1.165, 1.54) is 19.1 Å². The number of sulfonamides is 1. The predicted molar refractivity (Wildman–Crippen MR) is 96.7 cm³/mol. The molecule has 0 amide bonds. The van der Waals surface area contributed by atoms with Crippen LogP contribution in [-0.4, -0.2) is 24.6 Å². The molecule has 1 aromatic heterocycles. The number of hydrogen-bond donors (Lipinski definition) is 1. The number of aromatic nitrogens is 2. The van der Waals surface area contributed by atoms with Gasteiger partial charge in [-0.15, -0.1) is 13.2 Å². The summed E-state index contributed by atoms with van der Waals surface area (Å²) in [6, 6.07) is 7.08. The Morgan fingerprint density at radius 3 is 2.32 bits per heavy atom. The van der Waals surface area contributed by atoms with Crippen LogP contribution in [0.15, 0.2) is 47.4 Å². The third-order valence-corrected chi connectivity index (χ3v) is 5.07. The van der Waals surface area contributed by atoms with Crippen LogP contribution in [0.3, 0.4) is 0 Å². The van der Waals surface area contributed by atoms with Crippen LogP contribution in [0, 0.1) is 12.7 Å². The maximum Gasteiger partial charge on any atom is 0.573 e. The Balaban J connectivity index is 2.18. The minimum absolute atomic E-state index is 0.0665. The molecule has 0 aliphatic heterocycles. The third-order valence-electron chi connectivity index (χ3n) is 4.13. The maximum absolute atomic E-state index is 14.3. The third kappa shape index (κ3) is 4.99. The molecule has 0 spiro atoms. The Bertz CT molecular complexity index is 1240. The smallest absolute Gasteiger partial charge is 0.405 e. The Morgan fingerprint density at radius 1 is 1.10 bits per heavy atom. The number of nitrogens with two attached hydrogens (primary N) is 1. The van der Waals surface area contributed by atoms with Gasteiger partial charge in [-0.25, -0.2) is 31.4 Å². The van der Waals surface area contributed by atoms with Gasteiger partial charge in [0.1, 0.15) is 22.2 Å². The number of aryl methyl sites for hydroxylation is 1. The highest BCUT2D eigenvalue weighted by Crippen LogP contribution is 2.33. The summed E-state index contributed by atoms with van der Waals surface area (Å²) in [6.07, 6.45) is -8.03. The summed E-state index contributed by atoms with van der Waals surface area (Å²) in [6.45, 7) is 1.35. The number of halogens is 6. The second kappa shape index (κ2) is 7.89. The van der Waals surface area contributed by atoms with Crippen LogP contribution >= 0.6 is 0 Å². The first-order chi connectivity index (χ1) is 14.3. The largest absolute Gasteiger partial charge is 0.573 e. The topological polar surface area (TPSA) is 87.2 Å². The van der Waals surface area contributed by atoms with E-state index >= 15 is 0 Å². The monoisotopic (exact) mass is 465 g/mol. The number of benzene rings is 2. The Hall–Kier alpha value is -3.06. The van der Waals surface area contributed by atoms with E-state index in [1.54, 1.807) is 0 Å². The minimum Gasteiger partial charge on any atom is -0.405 e. The molecule has 0 atom stereocenters. The van der Waals surface area contributed by atoms with Crippen molar-refractivity contribution < 1.29 is 39.5 Å². The second-order valence-electron chi connectivity index (χ2n) is 6.35. The van der Waals surface area contributed by atoms with E-state index < -0.39 is 45.0 Å². The number of nitrogens with zero attached hydrogens (tertiary/aromatic N) is 2. The molecule has 1 heterocycles. The second-order valence-corrected chi connectivity index (χ2v) is 7.88. The van der Waals surface area contributed by atoms with E-state index in [1.807, 2.05) is 0 Å². The Labute approximate surface area is 171 Å². The number of alkyl halides is 5. The van der Waals surface area contributed by atoms with Gasteiger partial charge >= 0.3 is 6.36 Å². The molecule has 3 aromatic rings. The van der Waals surface area contributed by atoms with E-state index in [2.05, 4.69) is 9.84 Å². The van der Waals surface area contributed by atoms with E-state index in [9.17, 15) is 34.8 Å². The minimum atomic E-state index is -4.99. The van der Waals surface area contributed by atoms with Gasteiger partial charge in [0.05, 0.1) is 11.4 Å². The molecule has 0 saturated carbocycles. The standard InChI is InChI=1S/C18H13F6N3O3S/c1-9-2-4-11(7-15(9)30-18(22,23)24)27-14(8-13(26-27)17(20)21)10-3-5-16(12(19)6-10)31(25,28)29/h2-8,17H,1H3,(H2,25,28,29). The van der Waals surface area contributed by atoms with Gasteiger partial charge in [0.2, 0.25) is 10.0 Å². The van der Waals surface area contributed by atoms with Crippen LogP contribution in [0.25, 0.3) is 16.9 Å². The lowest BCUT2D eigenvalue weighted by Crippen LogP contribution is -2.18. The van der Waals surface area contributed by atoms with Gasteiger partial charge in [0.25, 0.3) is 6.43 Å². The molecule has 0 unspecified atom stereocenters. The molecule has 0 saturated heterocycles. The van der Waals surface area contributed by atoms with Crippen LogP contribution < -0.4 is 9.88 Å². The van der Waals surface area contributed by atoms with E-state index in [-0.39, 0.29) is 22.5 Å². The average molecular weight is 465 g/mol. The lowest BCUT2D eigenvalue weighted by molar-refractivity contribution is -0.274. The van der Waals surface area contributed by atoms with Crippen molar-refractivity contribution in [2.45, 2.75) is 24.6 Å². The molecule has 2 N–H and O–H groups in total. The van der Waals surface area contributed by atoms with Gasteiger partial charge in [-0.2, -0.15) is 5.10 Å². The fourth-order valence-corrected chi connectivity index (χ4v) is 3.34. The summed E-state index contributed by atoms with van der Waals surface area (Å²) in [7, 11) is -4.37. The zero-order valence-corrected chi connectivity index (χ0v) is 16.3. The molecule has 0 radical (unpaired) electrons. The molecule has 0 aliphatic rings. The van der Waals surface area contributed by atoms with E-state index in [0.29, 0.717) is 0 Å². The quantitative estimate of drug-likeness (QED) is 0.564. The molecule has 31 heavy (non-hydrogen) atoms. The highest BCUT2D eigenvalue weighted by atomic mass is 32.2. The van der Waals surface area contributed by atoms with Crippen LogP contribution in [0.4, 0.5) is 26.3 Å². The molecular weight excluding hydrogens is 452 g/mol. The fraction of sp³-hybridized carbons (Fsp3) is 0.167. The van der Waals surface area contributed by atoms with E-state index in [0.717, 1.165) is 35.0 Å². The van der Waals surface area contributed by atoms with Crippen LogP contribution in [0.2, 0.25) is 0 Å². The number of ether oxygens (including phenoxy) is 1. The van der Waals surface area contributed by atoms with Crippen molar-refractivity contribution in [2.24, 2.45) is 5.14 Å². The lowest BCUT2D eigenvalue weighted by atomic mass is 10.1. The summed E-state index contributed by atoms with van der Waals surface area (Å²) >= 11 is 0. The van der Waals surface area contributed by atoms with Gasteiger partial charge in [-0.3, -0.25) is 0 Å². The summed E-state index contributed by atoms with van der Waals surface area (Å²) in [5.41, 5.74) is -0.889. The predicted octanol–water partition coefficient (Wildman–Crippen LogP) is 4.47. The number of rotatable bonds is 5. The normalized spacial score (nSPS) is 12.4. The summed E-state index contributed by atoms with van der Waals surface area (Å²) < 4.78 is 106. The van der Waals surface area contributed by atoms with Crippen molar-refractivity contribution in [2.75, 3.05) is 0 Å². The number of hydrogen-bond acceptors (Lipinski definition) is 4. The zero-order chi connectivity index (χ0) is 23.1. The average Bonchev–Trinajstić information content (AvgIpc) is 3.07. The van der Waals surface area contributed by atoms with Crippen molar-refractivity contribution in [3.05, 3.63) is 59.5 Å². The first-order valence-electron chi connectivity index (χ1n) is 8.34. The highest BCUT2D eigenvalue weighted by Gasteiger charge is 2.32. The van der Waals surface area contributed by atoms with Crippen LogP contribution in [0.5, 0.6) is 5.75 Å². The fourth-order valence-electron chi connectivity index (χ4n) is 2.75. The van der Waals surface area contributed by atoms with Crippen molar-refractivity contribution in [3.63, 3.8) is 0 Å². The van der Waals surface area contributed by atoms with Crippen molar-refractivity contribution >= 4 is 10.0 Å². The summed E-state index contributed by atoms with van der Waals surface area (Å²) in [5, 5.41) is 8.59. The molecule has 6 nitrogen and oxygen atoms in total. The molecule has 166 valence electrons. The first-order valence-corrected chi connectivity index (χ1v) is 9.88. The van der Waals surface area contributed by atoms with Gasteiger partial charge < -0.3 is 4.74 Å². The Morgan fingerprint density at radius 2 is 1.77 bits per heavy atom. The Kier molecular flexibility index (Phi) is 5.76. The molecule has 0 fully saturated rings. The van der Waals surface area contributed by atoms with Gasteiger partial charge in [-0.05, 0) is 36.8 Å². The van der Waals surface area contributed by atoms with Crippen molar-refractivity contribution in [1.82, 2.24) is 9.78 Å². The molecule has 3 rings (SSSR count). The van der Waals surface area contributed by atoms with Gasteiger partial charge in [-0.1, -0.05) is 12.1 Å². The van der Waals surface area contributed by atoms with E-state index in [4.69, 9.17) is 5.14 Å².